The summed E-state index contributed by atoms with van der Waals surface area (Å²) in [5.41, 5.74) is 4.21. The number of fused-ring (bicyclic) bond motifs is 4. The van der Waals surface area contributed by atoms with Gasteiger partial charge in [0.25, 0.3) is 5.91 Å². The van der Waals surface area contributed by atoms with Gasteiger partial charge in [-0.15, -0.1) is 0 Å². The molecule has 2 aromatic heterocycles. The maximum atomic E-state index is 13.9. The zero-order valence-electron chi connectivity index (χ0n) is 26.3. The van der Waals surface area contributed by atoms with E-state index in [0.29, 0.717) is 25.1 Å². The van der Waals surface area contributed by atoms with E-state index in [1.54, 1.807) is 50.0 Å². The lowest BCUT2D eigenvalue weighted by Gasteiger charge is -2.36. The molecule has 0 unspecified atom stereocenters. The summed E-state index contributed by atoms with van der Waals surface area (Å²) in [6.07, 6.45) is 7.32. The molecule has 3 N–H and O–H groups in total. The largest absolute Gasteiger partial charge is 0.455 e. The number of hydrogen-bond donors (Lipinski definition) is 3. The third-order valence-electron chi connectivity index (χ3n) is 8.24. The van der Waals surface area contributed by atoms with E-state index in [4.69, 9.17) is 9.72 Å². The fourth-order valence-corrected chi connectivity index (χ4v) is 5.38. The Balaban J connectivity index is 1.51. The quantitative estimate of drug-likeness (QED) is 0.381. The number of nitrogens with one attached hydrogen (secondary N) is 3. The maximum absolute atomic E-state index is 13.9. The fourth-order valence-electron chi connectivity index (χ4n) is 5.38. The Bertz CT molecular complexity index is 1600. The smallest absolute Gasteiger partial charge is 0.325 e. The summed E-state index contributed by atoms with van der Waals surface area (Å²) in [5.74, 6) is -2.03. The summed E-state index contributed by atoms with van der Waals surface area (Å²) in [4.78, 5) is 59.2. The van der Waals surface area contributed by atoms with Crippen LogP contribution in [0.25, 0.3) is 17.0 Å². The molecule has 4 heterocycles. The molecule has 3 aromatic rings. The van der Waals surface area contributed by atoms with Crippen LogP contribution in [-0.4, -0.2) is 68.1 Å². The van der Waals surface area contributed by atoms with Crippen LogP contribution in [-0.2, 0) is 30.5 Å². The number of benzene rings is 1. The average molecular weight is 616 g/mol. The van der Waals surface area contributed by atoms with Crippen molar-refractivity contribution < 1.29 is 23.9 Å². The van der Waals surface area contributed by atoms with Gasteiger partial charge < -0.3 is 15.4 Å². The summed E-state index contributed by atoms with van der Waals surface area (Å²) >= 11 is 0. The van der Waals surface area contributed by atoms with Gasteiger partial charge in [-0.2, -0.15) is 5.10 Å². The van der Waals surface area contributed by atoms with E-state index in [1.165, 1.54) is 5.01 Å². The lowest BCUT2D eigenvalue weighted by Crippen LogP contribution is -2.62. The first-order valence-electron chi connectivity index (χ1n) is 15.4. The van der Waals surface area contributed by atoms with E-state index in [0.717, 1.165) is 16.5 Å². The van der Waals surface area contributed by atoms with Crippen molar-refractivity contribution in [1.29, 1.82) is 0 Å². The Morgan fingerprint density at radius 1 is 1.09 bits per heavy atom. The molecule has 45 heavy (non-hydrogen) atoms. The zero-order valence-corrected chi connectivity index (χ0v) is 26.3. The van der Waals surface area contributed by atoms with Crippen LogP contribution in [0.15, 0.2) is 54.9 Å². The molecule has 5 rings (SSSR count). The molecule has 4 atom stereocenters. The first kappa shape index (κ1) is 31.8. The second kappa shape index (κ2) is 13.2. The van der Waals surface area contributed by atoms with E-state index in [1.807, 2.05) is 50.3 Å². The highest BCUT2D eigenvalue weighted by Crippen LogP contribution is 2.25. The van der Waals surface area contributed by atoms with Gasteiger partial charge in [-0.1, -0.05) is 44.2 Å². The number of cyclic esters (lactones) is 1. The Morgan fingerprint density at radius 3 is 2.60 bits per heavy atom. The summed E-state index contributed by atoms with van der Waals surface area (Å²) in [7, 11) is 0. The van der Waals surface area contributed by atoms with Gasteiger partial charge in [0.05, 0.1) is 23.2 Å². The number of ether oxygens (including phenoxy) is 1. The topological polar surface area (TPSA) is 148 Å². The van der Waals surface area contributed by atoms with Crippen molar-refractivity contribution in [2.45, 2.75) is 78.2 Å². The Labute approximate surface area is 262 Å². The molecule has 12 heteroatoms. The number of pyridine rings is 1. The molecule has 0 spiro atoms. The maximum Gasteiger partial charge on any atom is 0.325 e. The molecular weight excluding hydrogens is 574 g/mol. The highest BCUT2D eigenvalue weighted by Gasteiger charge is 2.37. The standard InChI is InChI=1S/C33H41N7O5/c1-20(2)28-29(41)36-27(19-39-16-7-15-34-39)30(42)40-17-6-8-25(38-40)31(43)45-21(3)24-12-11-23-10-9-22(18-26(23)35-24)13-14-33(4,5)32(44)37-28/h7,9-16,18,20-21,25,27-28,38H,6,8,17,19H2,1-5H3,(H,36,41)(H,37,44)/b14-13+/t21-,25+,27+,28+/m1/s1. The molecule has 2 aliphatic heterocycles. The van der Waals surface area contributed by atoms with Crippen LogP contribution in [0.1, 0.15) is 64.8 Å². The number of esters is 1. The van der Waals surface area contributed by atoms with Crippen LogP contribution in [0.5, 0.6) is 0 Å². The van der Waals surface area contributed by atoms with Crippen LogP contribution in [0.3, 0.4) is 0 Å². The molecule has 5 bridgehead atoms. The van der Waals surface area contributed by atoms with Crippen molar-refractivity contribution in [3.8, 4) is 0 Å². The van der Waals surface area contributed by atoms with Crippen LogP contribution in [0, 0.1) is 11.3 Å². The lowest BCUT2D eigenvalue weighted by atomic mass is 9.89. The normalized spacial score (nSPS) is 25.5. The molecule has 1 saturated heterocycles. The van der Waals surface area contributed by atoms with Gasteiger partial charge >= 0.3 is 5.97 Å². The lowest BCUT2D eigenvalue weighted by molar-refractivity contribution is -0.157. The number of carbonyl (C=O) groups excluding carboxylic acids is 4. The van der Waals surface area contributed by atoms with E-state index < -0.39 is 47.4 Å². The molecule has 2 aliphatic rings. The minimum absolute atomic E-state index is 0.0571. The predicted molar refractivity (Wildman–Crippen MR) is 168 cm³/mol. The third-order valence-corrected chi connectivity index (χ3v) is 8.24. The van der Waals surface area contributed by atoms with E-state index >= 15 is 0 Å². The Kier molecular flexibility index (Phi) is 9.33. The second-order valence-electron chi connectivity index (χ2n) is 12.6. The Hall–Kier alpha value is -4.58. The third kappa shape index (κ3) is 7.39. The molecule has 12 nitrogen and oxygen atoms in total. The summed E-state index contributed by atoms with van der Waals surface area (Å²) in [6.45, 7) is 9.38. The monoisotopic (exact) mass is 615 g/mol. The average Bonchev–Trinajstić information content (AvgIpc) is 3.54. The minimum atomic E-state index is -1.03. The van der Waals surface area contributed by atoms with E-state index in [9.17, 15) is 19.2 Å². The Morgan fingerprint density at radius 2 is 1.87 bits per heavy atom. The SMILES string of the molecule is CC(C)[C@@H]1NC(=O)C(C)(C)/C=C/c2ccc3ccc(nc3c2)[C@@H](C)OC(=O)[C@@H]2CCCN(N2)C(=O)[C@H](Cn2cccn2)NC1=O. The van der Waals surface area contributed by atoms with Crippen LogP contribution < -0.4 is 16.1 Å². The fraction of sp³-hybridized carbons (Fsp3) is 0.455. The van der Waals surface area contributed by atoms with Crippen molar-refractivity contribution in [2.75, 3.05) is 6.54 Å². The number of amides is 3. The summed E-state index contributed by atoms with van der Waals surface area (Å²) < 4.78 is 7.37. The van der Waals surface area contributed by atoms with Gasteiger partial charge in [-0.25, -0.2) is 10.4 Å². The number of hydrazine groups is 1. The molecular formula is C33H41N7O5. The van der Waals surface area contributed by atoms with Gasteiger partial charge in [0.1, 0.15) is 24.2 Å². The second-order valence-corrected chi connectivity index (χ2v) is 12.6. The molecule has 1 aromatic carbocycles. The number of rotatable bonds is 3. The number of carbonyl (C=O) groups is 4. The predicted octanol–water partition coefficient (Wildman–Crippen LogP) is 2.91. The van der Waals surface area contributed by atoms with Crippen molar-refractivity contribution in [3.63, 3.8) is 0 Å². The minimum Gasteiger partial charge on any atom is -0.455 e. The molecule has 3 amide bonds. The molecule has 0 saturated carbocycles. The van der Waals surface area contributed by atoms with Crippen molar-refractivity contribution in [1.82, 2.24) is 35.8 Å². The summed E-state index contributed by atoms with van der Waals surface area (Å²) in [5, 5.41) is 12.3. The molecule has 0 radical (unpaired) electrons. The van der Waals surface area contributed by atoms with Gasteiger partial charge in [0, 0.05) is 24.3 Å². The first-order chi connectivity index (χ1) is 21.4. The van der Waals surface area contributed by atoms with Crippen molar-refractivity contribution >= 4 is 40.7 Å². The van der Waals surface area contributed by atoms with Crippen LogP contribution in [0.4, 0.5) is 0 Å². The van der Waals surface area contributed by atoms with Crippen LogP contribution in [0.2, 0.25) is 0 Å². The number of hydrogen-bond acceptors (Lipinski definition) is 8. The van der Waals surface area contributed by atoms with E-state index in [-0.39, 0.29) is 18.4 Å². The first-order valence-corrected chi connectivity index (χ1v) is 15.4. The summed E-state index contributed by atoms with van der Waals surface area (Å²) in [6, 6.07) is 8.58. The zero-order chi connectivity index (χ0) is 32.3. The van der Waals surface area contributed by atoms with Gasteiger partial charge in [0.15, 0.2) is 0 Å². The molecule has 0 aliphatic carbocycles. The van der Waals surface area contributed by atoms with Crippen molar-refractivity contribution in [3.05, 3.63) is 66.1 Å². The highest BCUT2D eigenvalue weighted by molar-refractivity contribution is 5.94. The molecule has 238 valence electrons. The van der Waals surface area contributed by atoms with Gasteiger partial charge in [-0.3, -0.25) is 28.9 Å². The number of aromatic nitrogens is 3. The number of nitrogens with zero attached hydrogens (tertiary/aromatic N) is 4. The highest BCUT2D eigenvalue weighted by atomic mass is 16.5. The van der Waals surface area contributed by atoms with Crippen molar-refractivity contribution in [2.24, 2.45) is 11.3 Å². The van der Waals surface area contributed by atoms with Crippen LogP contribution >= 0.6 is 0 Å². The van der Waals surface area contributed by atoms with Gasteiger partial charge in [-0.05, 0) is 63.3 Å². The van der Waals surface area contributed by atoms with Gasteiger partial charge in [0.2, 0.25) is 11.8 Å². The molecule has 1 fully saturated rings. The van der Waals surface area contributed by atoms with E-state index in [2.05, 4.69) is 21.2 Å².